The number of carbonyl (C=O) groups is 3. The van der Waals surface area contributed by atoms with Crippen LogP contribution in [0.5, 0.6) is 0 Å². The van der Waals surface area contributed by atoms with Crippen molar-refractivity contribution in [2.75, 3.05) is 34.5 Å². The van der Waals surface area contributed by atoms with Crippen LogP contribution in [0, 0.1) is 29.6 Å². The summed E-state index contributed by atoms with van der Waals surface area (Å²) < 4.78 is 36.1. The fraction of sp³-hybridized carbons (Fsp3) is 0.837. The average molecular weight is 808 g/mol. The third-order valence-corrected chi connectivity index (χ3v) is 13.5. The summed E-state index contributed by atoms with van der Waals surface area (Å²) in [6, 6.07) is -1.14. The highest BCUT2D eigenvalue weighted by Gasteiger charge is 2.57. The number of ether oxygens (including phenoxy) is 6. The molecule has 3 saturated heterocycles. The predicted molar refractivity (Wildman–Crippen MR) is 208 cm³/mol. The molecule has 4 fully saturated rings. The van der Waals surface area contributed by atoms with Crippen molar-refractivity contribution in [1.29, 1.82) is 0 Å². The van der Waals surface area contributed by atoms with Crippen LogP contribution in [-0.4, -0.2) is 138 Å². The first kappa shape index (κ1) is 45.8. The van der Waals surface area contributed by atoms with Crippen LogP contribution in [0.15, 0.2) is 23.3 Å². The summed E-state index contributed by atoms with van der Waals surface area (Å²) in [5.74, 6) is -9.10. The smallest absolute Gasteiger partial charge is 0.329 e. The van der Waals surface area contributed by atoms with Crippen LogP contribution in [0.4, 0.5) is 0 Å². The highest BCUT2D eigenvalue weighted by atomic mass is 16.7. The minimum absolute atomic E-state index is 0.00402. The number of Topliss-reactive ketones (excluding diaryl/α,β-unsaturated/α-hetero) is 1. The number of amides is 1. The molecule has 6 rings (SSSR count). The minimum atomic E-state index is -2.51. The number of aliphatic hydroxyl groups excluding tert-OH is 2. The van der Waals surface area contributed by atoms with Crippen LogP contribution in [0.3, 0.4) is 0 Å². The highest BCUT2D eigenvalue weighted by Crippen LogP contribution is 2.41. The topological polar surface area (TPSA) is 191 Å². The van der Waals surface area contributed by atoms with E-state index in [4.69, 9.17) is 28.4 Å². The predicted octanol–water partition coefficient (Wildman–Crippen LogP) is 3.60. The molecule has 1 aliphatic carbocycles. The number of hydrogen-bond acceptors (Lipinski definition) is 13. The molecule has 14 nitrogen and oxygen atoms in total. The molecule has 6 aliphatic rings. The molecule has 4 N–H and O–H groups in total. The molecule has 0 radical (unpaired) electrons. The summed E-state index contributed by atoms with van der Waals surface area (Å²) in [6.45, 7) is 9.47. The number of fused-ring (bicyclic) bond motifs is 11. The minimum Gasteiger partial charge on any atom is -0.456 e. The zero-order chi connectivity index (χ0) is 41.8. The van der Waals surface area contributed by atoms with Crippen molar-refractivity contribution in [2.24, 2.45) is 29.6 Å². The summed E-state index contributed by atoms with van der Waals surface area (Å²) in [6.07, 6.45) is 3.70. The lowest BCUT2D eigenvalue weighted by molar-refractivity contribution is -0.302. The second kappa shape index (κ2) is 19.4. The fourth-order valence-electron chi connectivity index (χ4n) is 9.94. The van der Waals surface area contributed by atoms with Gasteiger partial charge in [0.1, 0.15) is 18.2 Å². The molecule has 0 aromatic carbocycles. The van der Waals surface area contributed by atoms with E-state index in [0.29, 0.717) is 56.9 Å². The van der Waals surface area contributed by atoms with E-state index in [-0.39, 0.29) is 50.4 Å². The van der Waals surface area contributed by atoms with Crippen molar-refractivity contribution in [1.82, 2.24) is 4.90 Å². The van der Waals surface area contributed by atoms with Gasteiger partial charge >= 0.3 is 5.97 Å². The maximum Gasteiger partial charge on any atom is 0.329 e. The maximum absolute atomic E-state index is 14.4. The molecule has 324 valence electrons. The first-order valence-electron chi connectivity index (χ1n) is 21.1. The van der Waals surface area contributed by atoms with Gasteiger partial charge in [0, 0.05) is 52.0 Å². The van der Waals surface area contributed by atoms with Crippen LogP contribution in [0.25, 0.3) is 0 Å². The van der Waals surface area contributed by atoms with Crippen molar-refractivity contribution in [3.63, 3.8) is 0 Å². The van der Waals surface area contributed by atoms with Gasteiger partial charge in [0.15, 0.2) is 5.79 Å². The van der Waals surface area contributed by atoms with Crippen molar-refractivity contribution in [3.8, 4) is 0 Å². The molecule has 5 heterocycles. The number of aliphatic hydroxyl groups is 4. The maximum atomic E-state index is 14.4. The second-order valence-electron chi connectivity index (χ2n) is 17.6. The van der Waals surface area contributed by atoms with E-state index in [1.54, 1.807) is 21.0 Å². The molecule has 3 unspecified atom stereocenters. The molecule has 0 aromatic heterocycles. The molecular formula is C43H69NO13. The number of hydrogen-bond donors (Lipinski definition) is 4. The van der Waals surface area contributed by atoms with E-state index in [9.17, 15) is 34.8 Å². The summed E-state index contributed by atoms with van der Waals surface area (Å²) in [5.41, 5.74) is 1.65. The van der Waals surface area contributed by atoms with Gasteiger partial charge in [-0.15, -0.1) is 0 Å². The van der Waals surface area contributed by atoms with Gasteiger partial charge in [0.05, 0.1) is 37.1 Å². The molecule has 1 saturated carbocycles. The van der Waals surface area contributed by atoms with E-state index in [1.165, 1.54) is 19.1 Å². The Morgan fingerprint density at radius 1 is 0.930 bits per heavy atom. The zero-order valence-electron chi connectivity index (χ0n) is 35.3. The normalized spacial score (nSPS) is 43.5. The lowest BCUT2D eigenvalue weighted by Crippen LogP contribution is -2.64. The van der Waals surface area contributed by atoms with Gasteiger partial charge in [-0.1, -0.05) is 39.8 Å². The highest BCUT2D eigenvalue weighted by molar-refractivity contribution is 6.39. The van der Waals surface area contributed by atoms with Crippen LogP contribution in [-0.2, 0) is 42.8 Å². The summed E-state index contributed by atoms with van der Waals surface area (Å²) in [7, 11) is 4.63. The largest absolute Gasteiger partial charge is 0.456 e. The van der Waals surface area contributed by atoms with Crippen LogP contribution < -0.4 is 0 Å². The van der Waals surface area contributed by atoms with Gasteiger partial charge in [-0.2, -0.15) is 0 Å². The second-order valence-corrected chi connectivity index (χ2v) is 17.6. The van der Waals surface area contributed by atoms with Gasteiger partial charge in [-0.3, -0.25) is 9.59 Å². The Hall–Kier alpha value is -2.27. The van der Waals surface area contributed by atoms with Crippen molar-refractivity contribution in [2.45, 2.75) is 166 Å². The number of piperidine rings is 1. The van der Waals surface area contributed by atoms with Crippen LogP contribution in [0.1, 0.15) is 105 Å². The third kappa shape index (κ3) is 10.0. The Kier molecular flexibility index (Phi) is 15.6. The van der Waals surface area contributed by atoms with E-state index in [0.717, 1.165) is 5.57 Å². The van der Waals surface area contributed by atoms with Crippen molar-refractivity contribution >= 4 is 17.7 Å². The molecule has 1 amide bonds. The summed E-state index contributed by atoms with van der Waals surface area (Å²) >= 11 is 0. The Bertz CT molecular complexity index is 1470. The summed E-state index contributed by atoms with van der Waals surface area (Å²) in [4.78, 5) is 44.0. The van der Waals surface area contributed by atoms with E-state index in [1.807, 2.05) is 26.0 Å². The molecule has 0 aromatic rings. The third-order valence-electron chi connectivity index (χ3n) is 13.5. The number of esters is 1. The van der Waals surface area contributed by atoms with Gasteiger partial charge in [-0.25, -0.2) is 4.79 Å². The van der Waals surface area contributed by atoms with Gasteiger partial charge < -0.3 is 53.7 Å². The van der Waals surface area contributed by atoms with Crippen molar-refractivity contribution < 1.29 is 63.2 Å². The monoisotopic (exact) mass is 807 g/mol. The summed E-state index contributed by atoms with van der Waals surface area (Å²) in [5, 5.41) is 46.4. The SMILES string of the molecule is CC[C@@H]1C=C2COC1(O)C[C@@H](O)[C@@H](C)[C@H](/C(C)=C/[C@@H]1CC[C@@H](O)C(OC)C1)OC(=O)C1CCCCN1C(=O)C(=O)[C@]1(O)O[C@H]([C@@H](OC)C[C@@H](C)C2)[C@@H](OC)C[C@H]1C. The quantitative estimate of drug-likeness (QED) is 0.173. The number of nitrogens with zero attached hydrogens (tertiary/aromatic N) is 1. The average Bonchev–Trinajstić information content (AvgIpc) is 3.19. The lowest BCUT2D eigenvalue weighted by atomic mass is 9.80. The first-order valence-corrected chi connectivity index (χ1v) is 21.1. The molecule has 0 spiro atoms. The fourth-order valence-corrected chi connectivity index (χ4v) is 9.94. The molecular weight excluding hydrogens is 738 g/mol. The van der Waals surface area contributed by atoms with Crippen molar-refractivity contribution in [3.05, 3.63) is 23.3 Å². The number of carbonyl (C=O) groups excluding carboxylic acids is 3. The number of allylic oxidation sites excluding steroid dienone is 1. The zero-order valence-corrected chi connectivity index (χ0v) is 35.3. The van der Waals surface area contributed by atoms with Crippen LogP contribution >= 0.6 is 0 Å². The lowest BCUT2D eigenvalue weighted by Gasteiger charge is -2.47. The standard InChI is InChI=1S/C43H69NO13/c1-9-30-20-29-16-24(2)17-35(53-7)38-36(54-8)19-26(4)43(51,57-38)39(47)40(48)44-15-11-10-12-31(44)41(49)56-37(27(5)33(46)22-42(30,50)55-23-29)25(3)18-28-13-14-32(45)34(21-28)52-6/h18,20,24,26-28,30-38,45-46,50-51H,9-17,19,21-23H2,1-8H3/b25-18+/t24-,26+,27+,28-,30+,31?,32+,33+,34?,35-,36-,37-,38+,42?,43+/m0/s1. The molecule has 5 aliphatic heterocycles. The van der Waals surface area contributed by atoms with E-state index < -0.39 is 89.7 Å². The molecule has 15 atom stereocenters. The van der Waals surface area contributed by atoms with E-state index in [2.05, 4.69) is 6.92 Å². The van der Waals surface area contributed by atoms with Gasteiger partial charge in [-0.05, 0) is 94.1 Å². The Labute approximate surface area is 338 Å². The molecule has 57 heavy (non-hydrogen) atoms. The van der Waals surface area contributed by atoms with Gasteiger partial charge in [0.25, 0.3) is 11.7 Å². The number of ketones is 1. The number of rotatable bonds is 6. The van der Waals surface area contributed by atoms with Gasteiger partial charge in [0.2, 0.25) is 5.79 Å². The Balaban J connectivity index is 1.55. The molecule has 4 bridgehead atoms. The van der Waals surface area contributed by atoms with E-state index >= 15 is 0 Å². The Morgan fingerprint density at radius 2 is 1.61 bits per heavy atom. The molecule has 14 heteroatoms. The first-order chi connectivity index (χ1) is 27.0. The van der Waals surface area contributed by atoms with Crippen LogP contribution in [0.2, 0.25) is 0 Å². The number of methoxy groups -OCH3 is 3. The Morgan fingerprint density at radius 3 is 2.28 bits per heavy atom.